The van der Waals surface area contributed by atoms with Crippen molar-refractivity contribution in [1.29, 1.82) is 0 Å². The van der Waals surface area contributed by atoms with E-state index < -0.39 is 10.0 Å². The molecule has 0 amide bonds. The molecule has 3 rings (SSSR count). The van der Waals surface area contributed by atoms with Crippen LogP contribution in [0.2, 0.25) is 0 Å². The zero-order valence-corrected chi connectivity index (χ0v) is 15.4. The minimum absolute atomic E-state index is 0.100. The van der Waals surface area contributed by atoms with Gasteiger partial charge in [0.15, 0.2) is 0 Å². The summed E-state index contributed by atoms with van der Waals surface area (Å²) < 4.78 is 27.9. The average Bonchev–Trinajstić information content (AvgIpc) is 3.23. The van der Waals surface area contributed by atoms with E-state index in [1.807, 2.05) is 31.2 Å². The van der Waals surface area contributed by atoms with E-state index in [1.54, 1.807) is 4.31 Å². The zero-order valence-electron chi connectivity index (χ0n) is 14.6. The molecule has 1 unspecified atom stereocenters. The van der Waals surface area contributed by atoms with Gasteiger partial charge in [0.25, 0.3) is 0 Å². The van der Waals surface area contributed by atoms with Gasteiger partial charge in [0.1, 0.15) is 0 Å². The third-order valence-corrected chi connectivity index (χ3v) is 7.00. The Balaban J connectivity index is 1.70. The van der Waals surface area contributed by atoms with Gasteiger partial charge in [-0.05, 0) is 51.4 Å². The molecule has 134 valence electrons. The van der Waals surface area contributed by atoms with Crippen LogP contribution in [0, 0.1) is 6.92 Å². The Morgan fingerprint density at radius 2 is 1.92 bits per heavy atom. The minimum atomic E-state index is -3.30. The van der Waals surface area contributed by atoms with Crippen molar-refractivity contribution in [1.82, 2.24) is 14.5 Å². The van der Waals surface area contributed by atoms with Gasteiger partial charge in [-0.3, -0.25) is 0 Å². The van der Waals surface area contributed by atoms with Crippen LogP contribution in [0.3, 0.4) is 0 Å². The van der Waals surface area contributed by atoms with E-state index in [1.165, 1.54) is 12.8 Å². The third-order valence-electron chi connectivity index (χ3n) is 5.10. The average molecular weight is 352 g/mol. The van der Waals surface area contributed by atoms with E-state index in [2.05, 4.69) is 10.2 Å². The molecule has 2 aliphatic rings. The molecule has 1 aromatic rings. The van der Waals surface area contributed by atoms with Gasteiger partial charge < -0.3 is 10.2 Å². The van der Waals surface area contributed by atoms with E-state index in [0.717, 1.165) is 50.3 Å². The first-order chi connectivity index (χ1) is 11.5. The van der Waals surface area contributed by atoms with Crippen molar-refractivity contribution < 1.29 is 8.42 Å². The number of hydrogen-bond acceptors (Lipinski definition) is 4. The fourth-order valence-electron chi connectivity index (χ4n) is 3.66. The molecular formula is C18H29N3O2S. The molecule has 2 fully saturated rings. The predicted molar refractivity (Wildman–Crippen MR) is 97.5 cm³/mol. The fourth-order valence-corrected chi connectivity index (χ4v) is 5.43. The van der Waals surface area contributed by atoms with Crippen molar-refractivity contribution in [2.24, 2.45) is 0 Å². The molecule has 0 spiro atoms. The summed E-state index contributed by atoms with van der Waals surface area (Å²) in [6.07, 6.45) is 3.38. The van der Waals surface area contributed by atoms with Gasteiger partial charge in [0, 0.05) is 25.7 Å². The molecular weight excluding hydrogens is 322 g/mol. The molecule has 2 saturated heterocycles. The summed E-state index contributed by atoms with van der Waals surface area (Å²) in [6, 6.07) is 7.92. The number of nitrogens with zero attached hydrogens (tertiary/aromatic N) is 2. The fraction of sp³-hybridized carbons (Fsp3) is 0.667. The van der Waals surface area contributed by atoms with Gasteiger partial charge in [-0.25, -0.2) is 8.42 Å². The molecule has 6 heteroatoms. The summed E-state index contributed by atoms with van der Waals surface area (Å²) in [5, 5.41) is 3.30. The molecule has 2 heterocycles. The van der Waals surface area contributed by atoms with Crippen LogP contribution in [0.4, 0.5) is 0 Å². The molecule has 1 atom stereocenters. The minimum Gasteiger partial charge on any atom is -0.315 e. The molecule has 24 heavy (non-hydrogen) atoms. The van der Waals surface area contributed by atoms with Crippen molar-refractivity contribution in [3.8, 4) is 0 Å². The second-order valence-corrected chi connectivity index (χ2v) is 8.97. The first kappa shape index (κ1) is 17.9. The largest absolute Gasteiger partial charge is 0.315 e. The van der Waals surface area contributed by atoms with Crippen LogP contribution in [-0.2, 0) is 15.8 Å². The Morgan fingerprint density at radius 1 is 1.21 bits per heavy atom. The molecule has 1 aromatic carbocycles. The molecule has 2 aliphatic heterocycles. The number of rotatable bonds is 7. The van der Waals surface area contributed by atoms with Crippen LogP contribution in [-0.4, -0.2) is 62.9 Å². The molecule has 0 aliphatic carbocycles. The van der Waals surface area contributed by atoms with Gasteiger partial charge in [-0.15, -0.1) is 0 Å². The first-order valence-electron chi connectivity index (χ1n) is 9.03. The van der Waals surface area contributed by atoms with Gasteiger partial charge in [0.05, 0.1) is 5.75 Å². The van der Waals surface area contributed by atoms with Crippen LogP contribution in [0.1, 0.15) is 30.4 Å². The van der Waals surface area contributed by atoms with Crippen molar-refractivity contribution in [2.45, 2.75) is 38.0 Å². The second-order valence-electron chi connectivity index (χ2n) is 7.05. The lowest BCUT2D eigenvalue weighted by atomic mass is 10.2. The maximum atomic E-state index is 13.1. The van der Waals surface area contributed by atoms with Crippen LogP contribution in [0.25, 0.3) is 0 Å². The predicted octanol–water partition coefficient (Wildman–Crippen LogP) is 1.58. The van der Waals surface area contributed by atoms with E-state index in [4.69, 9.17) is 0 Å². The summed E-state index contributed by atoms with van der Waals surface area (Å²) in [5.74, 6) is 0.101. The van der Waals surface area contributed by atoms with E-state index in [9.17, 15) is 8.42 Å². The highest BCUT2D eigenvalue weighted by Gasteiger charge is 2.32. The number of likely N-dealkylation sites (tertiary alicyclic amines) is 1. The summed E-state index contributed by atoms with van der Waals surface area (Å²) in [5.41, 5.74) is 2.03. The molecule has 0 radical (unpaired) electrons. The van der Waals surface area contributed by atoms with Crippen LogP contribution in [0.5, 0.6) is 0 Å². The van der Waals surface area contributed by atoms with Crippen molar-refractivity contribution in [2.75, 3.05) is 39.3 Å². The van der Waals surface area contributed by atoms with Gasteiger partial charge in [-0.2, -0.15) is 4.31 Å². The number of benzene rings is 1. The van der Waals surface area contributed by atoms with Crippen molar-refractivity contribution >= 4 is 10.0 Å². The molecule has 1 N–H and O–H groups in total. The molecule has 5 nitrogen and oxygen atoms in total. The molecule has 0 saturated carbocycles. The molecule has 0 bridgehead atoms. The second kappa shape index (κ2) is 7.95. The lowest BCUT2D eigenvalue weighted by Crippen LogP contribution is -2.45. The normalized spacial score (nSPS) is 22.5. The number of aryl methyl sites for hydroxylation is 1. The third kappa shape index (κ3) is 4.57. The zero-order chi connectivity index (χ0) is 17.0. The number of nitrogens with one attached hydrogen (secondary N) is 1. The van der Waals surface area contributed by atoms with E-state index in [0.29, 0.717) is 6.54 Å². The maximum absolute atomic E-state index is 13.1. The highest BCUT2D eigenvalue weighted by atomic mass is 32.2. The maximum Gasteiger partial charge on any atom is 0.218 e. The monoisotopic (exact) mass is 351 g/mol. The van der Waals surface area contributed by atoms with Crippen LogP contribution >= 0.6 is 0 Å². The Labute approximate surface area is 146 Å². The topological polar surface area (TPSA) is 52.7 Å². The highest BCUT2D eigenvalue weighted by molar-refractivity contribution is 7.88. The summed E-state index contributed by atoms with van der Waals surface area (Å²) in [4.78, 5) is 2.39. The highest BCUT2D eigenvalue weighted by Crippen LogP contribution is 2.19. The summed E-state index contributed by atoms with van der Waals surface area (Å²) >= 11 is 0. The van der Waals surface area contributed by atoms with Crippen molar-refractivity contribution in [3.05, 3.63) is 35.4 Å². The number of hydrogen-bond donors (Lipinski definition) is 1. The lowest BCUT2D eigenvalue weighted by molar-refractivity contribution is 0.265. The van der Waals surface area contributed by atoms with Gasteiger partial charge in [0.2, 0.25) is 10.0 Å². The van der Waals surface area contributed by atoms with E-state index in [-0.39, 0.29) is 11.8 Å². The standard InChI is InChI=1S/C18H29N3O2S/c1-16-4-6-17(7-5-16)15-24(22,23)21(18-8-9-19-14-18)13-12-20-10-2-3-11-20/h4-7,18-19H,2-3,8-15H2,1H3. The first-order valence-corrected chi connectivity index (χ1v) is 10.6. The molecule has 0 aromatic heterocycles. The van der Waals surface area contributed by atoms with E-state index >= 15 is 0 Å². The van der Waals surface area contributed by atoms with Crippen LogP contribution in [0.15, 0.2) is 24.3 Å². The lowest BCUT2D eigenvalue weighted by Gasteiger charge is -2.29. The Kier molecular flexibility index (Phi) is 5.92. The summed E-state index contributed by atoms with van der Waals surface area (Å²) in [6.45, 7) is 7.37. The van der Waals surface area contributed by atoms with Gasteiger partial charge >= 0.3 is 0 Å². The van der Waals surface area contributed by atoms with Crippen molar-refractivity contribution in [3.63, 3.8) is 0 Å². The SMILES string of the molecule is Cc1ccc(CS(=O)(=O)N(CCN2CCCC2)C2CCNC2)cc1. The Bertz CT molecular complexity index is 618. The Hall–Kier alpha value is -0.950. The quantitative estimate of drug-likeness (QED) is 0.810. The summed E-state index contributed by atoms with van der Waals surface area (Å²) in [7, 11) is -3.30. The smallest absolute Gasteiger partial charge is 0.218 e. The van der Waals surface area contributed by atoms with Gasteiger partial charge in [-0.1, -0.05) is 29.8 Å². The van der Waals surface area contributed by atoms with Crippen LogP contribution < -0.4 is 5.32 Å². The number of sulfonamides is 1. The Morgan fingerprint density at radius 3 is 2.54 bits per heavy atom.